The minimum atomic E-state index is -0.0555. The van der Waals surface area contributed by atoms with Crippen molar-refractivity contribution in [2.75, 3.05) is 18.9 Å². The third-order valence-electron chi connectivity index (χ3n) is 3.49. The molecule has 2 atom stereocenters. The molecule has 0 aliphatic carbocycles. The van der Waals surface area contributed by atoms with Crippen LogP contribution < -0.4 is 5.73 Å². The van der Waals surface area contributed by atoms with E-state index in [1.54, 1.807) is 29.2 Å². The van der Waals surface area contributed by atoms with Crippen molar-refractivity contribution in [3.05, 3.63) is 29.8 Å². The lowest BCUT2D eigenvalue weighted by molar-refractivity contribution is 0.0648. The minimum absolute atomic E-state index is 0.0200. The van der Waals surface area contributed by atoms with Crippen molar-refractivity contribution in [3.8, 4) is 0 Å². The van der Waals surface area contributed by atoms with Gasteiger partial charge in [0.1, 0.15) is 0 Å². The van der Waals surface area contributed by atoms with Gasteiger partial charge in [0.05, 0.1) is 12.6 Å². The van der Waals surface area contributed by atoms with Gasteiger partial charge >= 0.3 is 0 Å². The summed E-state index contributed by atoms with van der Waals surface area (Å²) in [4.78, 5) is 14.0. The van der Waals surface area contributed by atoms with Crippen molar-refractivity contribution in [2.24, 2.45) is 5.92 Å². The molecule has 1 heterocycles. The van der Waals surface area contributed by atoms with Gasteiger partial charge in [0.15, 0.2) is 0 Å². The summed E-state index contributed by atoms with van der Waals surface area (Å²) in [6.45, 7) is 2.81. The molecule has 3 N–H and O–H groups in total. The normalized spacial score (nSPS) is 24.0. The average molecular weight is 234 g/mol. The predicted octanol–water partition coefficient (Wildman–Crippen LogP) is 1.11. The second kappa shape index (κ2) is 4.75. The van der Waals surface area contributed by atoms with Crippen LogP contribution in [0.4, 0.5) is 5.69 Å². The Hall–Kier alpha value is -1.55. The zero-order chi connectivity index (χ0) is 12.4. The van der Waals surface area contributed by atoms with Crippen molar-refractivity contribution in [1.82, 2.24) is 4.90 Å². The molecular weight excluding hydrogens is 216 g/mol. The Balaban J connectivity index is 2.17. The lowest BCUT2D eigenvalue weighted by Crippen LogP contribution is -2.39. The van der Waals surface area contributed by atoms with Gasteiger partial charge in [-0.25, -0.2) is 0 Å². The topological polar surface area (TPSA) is 66.6 Å². The van der Waals surface area contributed by atoms with Gasteiger partial charge in [-0.2, -0.15) is 0 Å². The Kier molecular flexibility index (Phi) is 3.33. The van der Waals surface area contributed by atoms with Crippen LogP contribution in [0, 0.1) is 5.92 Å². The van der Waals surface area contributed by atoms with E-state index in [4.69, 9.17) is 5.73 Å². The number of likely N-dealkylation sites (tertiary alicyclic amines) is 1. The molecular formula is C13H18N2O2. The highest BCUT2D eigenvalue weighted by Crippen LogP contribution is 2.25. The summed E-state index contributed by atoms with van der Waals surface area (Å²) < 4.78 is 0. The van der Waals surface area contributed by atoms with E-state index < -0.39 is 0 Å². The predicted molar refractivity (Wildman–Crippen MR) is 66.5 cm³/mol. The van der Waals surface area contributed by atoms with Crippen LogP contribution in [0.1, 0.15) is 23.7 Å². The zero-order valence-electron chi connectivity index (χ0n) is 9.97. The van der Waals surface area contributed by atoms with Crippen molar-refractivity contribution in [2.45, 2.75) is 19.4 Å². The van der Waals surface area contributed by atoms with Crippen LogP contribution in [-0.4, -0.2) is 35.1 Å². The summed E-state index contributed by atoms with van der Waals surface area (Å²) in [6.07, 6.45) is 0.950. The first-order valence-corrected chi connectivity index (χ1v) is 5.91. The molecule has 1 aliphatic rings. The highest BCUT2D eigenvalue weighted by atomic mass is 16.3. The van der Waals surface area contributed by atoms with E-state index >= 15 is 0 Å². The second-order valence-corrected chi connectivity index (χ2v) is 4.64. The van der Waals surface area contributed by atoms with E-state index in [1.807, 2.05) is 0 Å². The Bertz CT molecular complexity index is 402. The monoisotopic (exact) mass is 234 g/mol. The number of carbonyl (C=O) groups is 1. The molecule has 1 amide bonds. The summed E-state index contributed by atoms with van der Waals surface area (Å²) in [5, 5.41) is 9.33. The lowest BCUT2D eigenvalue weighted by Gasteiger charge is -2.25. The van der Waals surface area contributed by atoms with Gasteiger partial charge in [0.25, 0.3) is 5.91 Å². The molecule has 1 saturated heterocycles. The van der Waals surface area contributed by atoms with Crippen LogP contribution in [0.25, 0.3) is 0 Å². The Morgan fingerprint density at radius 2 is 2.12 bits per heavy atom. The van der Waals surface area contributed by atoms with Crippen LogP contribution in [0.3, 0.4) is 0 Å². The van der Waals surface area contributed by atoms with Gasteiger partial charge in [-0.05, 0) is 36.6 Å². The lowest BCUT2D eigenvalue weighted by atomic mass is 10.0. The third-order valence-corrected chi connectivity index (χ3v) is 3.49. The average Bonchev–Trinajstić information content (AvgIpc) is 2.70. The van der Waals surface area contributed by atoms with E-state index in [-0.39, 0.29) is 18.6 Å². The van der Waals surface area contributed by atoms with Crippen LogP contribution >= 0.6 is 0 Å². The summed E-state index contributed by atoms with van der Waals surface area (Å²) >= 11 is 0. The molecule has 0 radical (unpaired) electrons. The van der Waals surface area contributed by atoms with Gasteiger partial charge in [0.2, 0.25) is 0 Å². The van der Waals surface area contributed by atoms with E-state index in [1.165, 1.54) is 0 Å². The number of hydrogen-bond donors (Lipinski definition) is 2. The van der Waals surface area contributed by atoms with Crippen LogP contribution in [0.15, 0.2) is 24.3 Å². The zero-order valence-corrected chi connectivity index (χ0v) is 9.97. The molecule has 4 heteroatoms. The Labute approximate surface area is 101 Å². The highest BCUT2D eigenvalue weighted by Gasteiger charge is 2.34. The fourth-order valence-electron chi connectivity index (χ4n) is 2.33. The summed E-state index contributed by atoms with van der Waals surface area (Å²) in [7, 11) is 0. The van der Waals surface area contributed by atoms with E-state index in [0.717, 1.165) is 13.0 Å². The van der Waals surface area contributed by atoms with Gasteiger partial charge in [-0.15, -0.1) is 0 Å². The number of nitrogen functional groups attached to an aromatic ring is 1. The fourth-order valence-corrected chi connectivity index (χ4v) is 2.33. The number of amides is 1. The summed E-state index contributed by atoms with van der Waals surface area (Å²) in [5.74, 6) is 0.339. The second-order valence-electron chi connectivity index (χ2n) is 4.64. The van der Waals surface area contributed by atoms with E-state index in [2.05, 4.69) is 6.92 Å². The summed E-state index contributed by atoms with van der Waals surface area (Å²) in [5.41, 5.74) is 6.87. The quantitative estimate of drug-likeness (QED) is 0.753. The SMILES string of the molecule is CC1CCN(C(=O)c2ccc(N)cc2)C1CO. The van der Waals surface area contributed by atoms with E-state index in [0.29, 0.717) is 17.2 Å². The van der Waals surface area contributed by atoms with Crippen molar-refractivity contribution < 1.29 is 9.90 Å². The van der Waals surface area contributed by atoms with Crippen molar-refractivity contribution in [1.29, 1.82) is 0 Å². The van der Waals surface area contributed by atoms with Gasteiger partial charge in [0, 0.05) is 17.8 Å². The molecule has 2 unspecified atom stereocenters. The number of benzene rings is 1. The first kappa shape index (κ1) is 11.9. The largest absolute Gasteiger partial charge is 0.399 e. The molecule has 0 saturated carbocycles. The summed E-state index contributed by atoms with van der Waals surface area (Å²) in [6, 6.07) is 6.85. The molecule has 4 nitrogen and oxygen atoms in total. The molecule has 1 aliphatic heterocycles. The number of aliphatic hydroxyl groups excluding tert-OH is 1. The minimum Gasteiger partial charge on any atom is -0.399 e. The maximum absolute atomic E-state index is 12.2. The number of anilines is 1. The van der Waals surface area contributed by atoms with Crippen LogP contribution in [0.2, 0.25) is 0 Å². The molecule has 17 heavy (non-hydrogen) atoms. The number of hydrogen-bond acceptors (Lipinski definition) is 3. The van der Waals surface area contributed by atoms with Crippen molar-refractivity contribution >= 4 is 11.6 Å². The van der Waals surface area contributed by atoms with Crippen LogP contribution in [-0.2, 0) is 0 Å². The van der Waals surface area contributed by atoms with E-state index in [9.17, 15) is 9.90 Å². The molecule has 92 valence electrons. The molecule has 1 aromatic rings. The molecule has 2 rings (SSSR count). The maximum Gasteiger partial charge on any atom is 0.254 e. The molecule has 1 aromatic carbocycles. The number of rotatable bonds is 2. The van der Waals surface area contributed by atoms with Gasteiger partial charge < -0.3 is 15.7 Å². The Morgan fingerprint density at radius 1 is 1.47 bits per heavy atom. The molecule has 0 aromatic heterocycles. The number of carbonyl (C=O) groups excluding carboxylic acids is 1. The smallest absolute Gasteiger partial charge is 0.254 e. The van der Waals surface area contributed by atoms with Gasteiger partial charge in [-0.3, -0.25) is 4.79 Å². The highest BCUT2D eigenvalue weighted by molar-refractivity contribution is 5.95. The third kappa shape index (κ3) is 2.26. The van der Waals surface area contributed by atoms with Gasteiger partial charge in [-0.1, -0.05) is 6.92 Å². The Morgan fingerprint density at radius 3 is 2.71 bits per heavy atom. The number of aliphatic hydroxyl groups is 1. The molecule has 0 bridgehead atoms. The fraction of sp³-hybridized carbons (Fsp3) is 0.462. The maximum atomic E-state index is 12.2. The van der Waals surface area contributed by atoms with Crippen LogP contribution in [0.5, 0.6) is 0 Å². The first-order valence-electron chi connectivity index (χ1n) is 5.91. The number of nitrogens with two attached hydrogens (primary N) is 1. The van der Waals surface area contributed by atoms with Crippen molar-refractivity contribution in [3.63, 3.8) is 0 Å². The standard InChI is InChI=1S/C13H18N2O2/c1-9-6-7-15(12(9)8-16)13(17)10-2-4-11(14)5-3-10/h2-5,9,12,16H,6-8,14H2,1H3. The molecule has 1 fully saturated rings. The molecule has 0 spiro atoms. The first-order chi connectivity index (χ1) is 8.13. The number of nitrogens with zero attached hydrogens (tertiary/aromatic N) is 1.